The van der Waals surface area contributed by atoms with E-state index in [0.29, 0.717) is 23.7 Å². The van der Waals surface area contributed by atoms with Crippen LogP contribution in [0.4, 0.5) is 5.82 Å². The van der Waals surface area contributed by atoms with Crippen LogP contribution >= 0.6 is 11.6 Å². The SMILES string of the molecule is O=C(Nc1ncccc1OCCN1CCCCC1)c1ccnc(Cl)c1. The number of ether oxygens (including phenoxy) is 1. The Bertz CT molecular complexity index is 720. The monoisotopic (exact) mass is 360 g/mol. The van der Waals surface area contributed by atoms with Crippen molar-refractivity contribution in [2.75, 3.05) is 31.6 Å². The number of nitrogens with one attached hydrogen (secondary N) is 1. The average Bonchev–Trinajstić information content (AvgIpc) is 2.64. The Morgan fingerprint density at radius 1 is 1.20 bits per heavy atom. The summed E-state index contributed by atoms with van der Waals surface area (Å²) in [7, 11) is 0. The topological polar surface area (TPSA) is 67.3 Å². The van der Waals surface area contributed by atoms with Crippen molar-refractivity contribution >= 4 is 23.3 Å². The van der Waals surface area contributed by atoms with Gasteiger partial charge in [-0.15, -0.1) is 0 Å². The minimum absolute atomic E-state index is 0.270. The Balaban J connectivity index is 1.59. The first-order valence-electron chi connectivity index (χ1n) is 8.45. The maximum atomic E-state index is 12.3. The summed E-state index contributed by atoms with van der Waals surface area (Å²) < 4.78 is 5.84. The highest BCUT2D eigenvalue weighted by Crippen LogP contribution is 2.22. The molecule has 7 heteroatoms. The van der Waals surface area contributed by atoms with Crippen molar-refractivity contribution in [1.29, 1.82) is 0 Å². The highest BCUT2D eigenvalue weighted by atomic mass is 35.5. The normalized spacial score (nSPS) is 14.9. The number of carbonyl (C=O) groups is 1. The Kier molecular flexibility index (Phi) is 6.19. The van der Waals surface area contributed by atoms with Crippen LogP contribution in [0.2, 0.25) is 5.15 Å². The van der Waals surface area contributed by atoms with Gasteiger partial charge in [-0.05, 0) is 50.2 Å². The lowest BCUT2D eigenvalue weighted by Gasteiger charge is -2.26. The van der Waals surface area contributed by atoms with Gasteiger partial charge >= 0.3 is 0 Å². The molecule has 0 unspecified atom stereocenters. The molecule has 1 amide bonds. The Labute approximate surface area is 152 Å². The van der Waals surface area contributed by atoms with Gasteiger partial charge in [0.25, 0.3) is 5.91 Å². The smallest absolute Gasteiger partial charge is 0.257 e. The lowest BCUT2D eigenvalue weighted by Crippen LogP contribution is -2.33. The van der Waals surface area contributed by atoms with Crippen LogP contribution < -0.4 is 10.1 Å². The second-order valence-electron chi connectivity index (χ2n) is 5.92. The van der Waals surface area contributed by atoms with Crippen LogP contribution in [0.15, 0.2) is 36.7 Å². The molecular formula is C18H21ClN4O2. The minimum atomic E-state index is -0.302. The van der Waals surface area contributed by atoms with Crippen LogP contribution in [0.1, 0.15) is 29.6 Å². The standard InChI is InChI=1S/C18H21ClN4O2/c19-16-13-14(6-8-20-16)18(24)22-17-15(5-4-7-21-17)25-12-11-23-9-2-1-3-10-23/h4-8,13H,1-3,9-12H2,(H,21,22,24). The third-order valence-corrected chi connectivity index (χ3v) is 4.31. The average molecular weight is 361 g/mol. The van der Waals surface area contributed by atoms with Gasteiger partial charge in [0.2, 0.25) is 0 Å². The number of hydrogen-bond donors (Lipinski definition) is 1. The van der Waals surface area contributed by atoms with Crippen molar-refractivity contribution in [2.45, 2.75) is 19.3 Å². The van der Waals surface area contributed by atoms with E-state index in [4.69, 9.17) is 16.3 Å². The molecule has 0 aliphatic carbocycles. The number of rotatable bonds is 6. The van der Waals surface area contributed by atoms with Crippen LogP contribution in [0.5, 0.6) is 5.75 Å². The van der Waals surface area contributed by atoms with Crippen LogP contribution in [-0.2, 0) is 0 Å². The van der Waals surface area contributed by atoms with Crippen LogP contribution in [0.25, 0.3) is 0 Å². The summed E-state index contributed by atoms with van der Waals surface area (Å²) in [6.45, 7) is 3.70. The van der Waals surface area contributed by atoms with Crippen molar-refractivity contribution in [2.24, 2.45) is 0 Å². The minimum Gasteiger partial charge on any atom is -0.488 e. The van der Waals surface area contributed by atoms with E-state index in [2.05, 4.69) is 20.2 Å². The third kappa shape index (κ3) is 5.14. The zero-order valence-electron chi connectivity index (χ0n) is 13.9. The molecule has 2 aromatic rings. The molecule has 6 nitrogen and oxygen atoms in total. The first-order chi connectivity index (χ1) is 12.2. The van der Waals surface area contributed by atoms with Gasteiger partial charge in [-0.3, -0.25) is 9.69 Å². The van der Waals surface area contributed by atoms with E-state index >= 15 is 0 Å². The second kappa shape index (κ2) is 8.78. The maximum Gasteiger partial charge on any atom is 0.257 e. The molecule has 0 bridgehead atoms. The van der Waals surface area contributed by atoms with Gasteiger partial charge < -0.3 is 10.1 Å². The summed E-state index contributed by atoms with van der Waals surface area (Å²) in [5, 5.41) is 3.04. The fourth-order valence-electron chi connectivity index (χ4n) is 2.79. The zero-order valence-corrected chi connectivity index (χ0v) is 14.7. The van der Waals surface area contributed by atoms with E-state index in [1.54, 1.807) is 24.4 Å². The number of hydrogen-bond acceptors (Lipinski definition) is 5. The molecule has 2 aromatic heterocycles. The molecule has 0 radical (unpaired) electrons. The van der Waals surface area contributed by atoms with Gasteiger partial charge in [0.05, 0.1) is 0 Å². The molecular weight excluding hydrogens is 340 g/mol. The molecule has 0 saturated carbocycles. The second-order valence-corrected chi connectivity index (χ2v) is 6.31. The van der Waals surface area contributed by atoms with Gasteiger partial charge in [0.1, 0.15) is 11.8 Å². The molecule has 132 valence electrons. The Morgan fingerprint density at radius 2 is 2.04 bits per heavy atom. The molecule has 1 fully saturated rings. The molecule has 1 saturated heterocycles. The highest BCUT2D eigenvalue weighted by Gasteiger charge is 2.13. The third-order valence-electron chi connectivity index (χ3n) is 4.11. The molecule has 1 aliphatic rings. The largest absolute Gasteiger partial charge is 0.488 e. The van der Waals surface area contributed by atoms with Gasteiger partial charge in [0, 0.05) is 24.5 Å². The predicted octanol–water partition coefficient (Wildman–Crippen LogP) is 3.25. The number of anilines is 1. The van der Waals surface area contributed by atoms with E-state index in [1.807, 2.05) is 0 Å². The van der Waals surface area contributed by atoms with E-state index in [-0.39, 0.29) is 11.1 Å². The first kappa shape index (κ1) is 17.6. The van der Waals surface area contributed by atoms with Gasteiger partial charge in [-0.25, -0.2) is 9.97 Å². The van der Waals surface area contributed by atoms with E-state index in [0.717, 1.165) is 19.6 Å². The lowest BCUT2D eigenvalue weighted by molar-refractivity contribution is 0.102. The zero-order chi connectivity index (χ0) is 17.5. The number of amides is 1. The van der Waals surface area contributed by atoms with Gasteiger partial charge in [0.15, 0.2) is 11.6 Å². The molecule has 0 aromatic carbocycles. The summed E-state index contributed by atoms with van der Waals surface area (Å²) >= 11 is 5.83. The molecule has 25 heavy (non-hydrogen) atoms. The van der Waals surface area contributed by atoms with Gasteiger partial charge in [-0.2, -0.15) is 0 Å². The molecule has 3 rings (SSSR count). The Morgan fingerprint density at radius 3 is 2.84 bits per heavy atom. The van der Waals surface area contributed by atoms with Crippen molar-refractivity contribution in [3.63, 3.8) is 0 Å². The predicted molar refractivity (Wildman–Crippen MR) is 97.2 cm³/mol. The highest BCUT2D eigenvalue weighted by molar-refractivity contribution is 6.29. The summed E-state index contributed by atoms with van der Waals surface area (Å²) in [5.74, 6) is 0.663. The van der Waals surface area contributed by atoms with E-state index < -0.39 is 0 Å². The van der Waals surface area contributed by atoms with Crippen LogP contribution in [0, 0.1) is 0 Å². The number of nitrogens with zero attached hydrogens (tertiary/aromatic N) is 3. The summed E-state index contributed by atoms with van der Waals surface area (Å²) in [4.78, 5) is 22.8. The van der Waals surface area contributed by atoms with Crippen molar-refractivity contribution in [3.8, 4) is 5.75 Å². The Hall–Kier alpha value is -2.18. The number of piperidine rings is 1. The number of halogens is 1. The number of likely N-dealkylation sites (tertiary alicyclic amines) is 1. The van der Waals surface area contributed by atoms with Crippen molar-refractivity contribution in [1.82, 2.24) is 14.9 Å². The number of aromatic nitrogens is 2. The molecule has 1 aliphatic heterocycles. The van der Waals surface area contributed by atoms with E-state index in [1.165, 1.54) is 31.5 Å². The van der Waals surface area contributed by atoms with Crippen LogP contribution in [0.3, 0.4) is 0 Å². The van der Waals surface area contributed by atoms with E-state index in [9.17, 15) is 4.79 Å². The lowest BCUT2D eigenvalue weighted by atomic mass is 10.1. The summed E-state index contributed by atoms with van der Waals surface area (Å²) in [6.07, 6.45) is 6.93. The summed E-state index contributed by atoms with van der Waals surface area (Å²) in [6, 6.07) is 6.70. The maximum absolute atomic E-state index is 12.3. The number of pyridine rings is 2. The number of carbonyl (C=O) groups excluding carboxylic acids is 1. The molecule has 0 spiro atoms. The first-order valence-corrected chi connectivity index (χ1v) is 8.83. The fraction of sp³-hybridized carbons (Fsp3) is 0.389. The quantitative estimate of drug-likeness (QED) is 0.801. The van der Waals surface area contributed by atoms with Crippen molar-refractivity contribution in [3.05, 3.63) is 47.4 Å². The molecule has 1 N–H and O–H groups in total. The van der Waals surface area contributed by atoms with Crippen LogP contribution in [-0.4, -0.2) is 47.0 Å². The molecule has 3 heterocycles. The molecule has 0 atom stereocenters. The fourth-order valence-corrected chi connectivity index (χ4v) is 2.97. The summed E-state index contributed by atoms with van der Waals surface area (Å²) in [5.41, 5.74) is 0.421. The van der Waals surface area contributed by atoms with Crippen molar-refractivity contribution < 1.29 is 9.53 Å². The van der Waals surface area contributed by atoms with Gasteiger partial charge in [-0.1, -0.05) is 18.0 Å².